The van der Waals surface area contributed by atoms with Crippen LogP contribution in [-0.2, 0) is 10.2 Å². The zero-order chi connectivity index (χ0) is 25.1. The van der Waals surface area contributed by atoms with Crippen LogP contribution in [0.5, 0.6) is 0 Å². The molecule has 0 saturated heterocycles. The molecule has 1 saturated carbocycles. The van der Waals surface area contributed by atoms with E-state index in [1.54, 1.807) is 25.3 Å². The third-order valence-electron chi connectivity index (χ3n) is 7.56. The predicted octanol–water partition coefficient (Wildman–Crippen LogP) is 6.33. The van der Waals surface area contributed by atoms with Gasteiger partial charge in [0.15, 0.2) is 5.82 Å². The summed E-state index contributed by atoms with van der Waals surface area (Å²) in [5.41, 5.74) is 1.37. The zero-order valence-electron chi connectivity index (χ0n) is 19.8. The highest BCUT2D eigenvalue weighted by atomic mass is 19.1. The average molecular weight is 477 g/mol. The maximum absolute atomic E-state index is 16.2. The Bertz CT molecular complexity index is 1510. The minimum absolute atomic E-state index is 0.168. The van der Waals surface area contributed by atoms with E-state index in [-0.39, 0.29) is 23.7 Å². The molecule has 2 aromatic carbocycles. The first-order valence-electron chi connectivity index (χ1n) is 11.6. The first-order chi connectivity index (χ1) is 16.6. The lowest BCUT2D eigenvalue weighted by Gasteiger charge is -2.28. The van der Waals surface area contributed by atoms with Crippen molar-refractivity contribution in [3.8, 4) is 11.8 Å². The van der Waals surface area contributed by atoms with Crippen LogP contribution < -0.4 is 0 Å². The van der Waals surface area contributed by atoms with Gasteiger partial charge in [-0.2, -0.15) is 10.4 Å². The largest absolute Gasteiger partial charge is 0.481 e. The van der Waals surface area contributed by atoms with Crippen LogP contribution in [0.4, 0.5) is 8.78 Å². The molecule has 2 heterocycles. The van der Waals surface area contributed by atoms with Gasteiger partial charge < -0.3 is 9.67 Å². The van der Waals surface area contributed by atoms with Gasteiger partial charge in [0.1, 0.15) is 11.3 Å². The number of carbonyl (C=O) groups is 1. The minimum Gasteiger partial charge on any atom is -0.481 e. The van der Waals surface area contributed by atoms with Crippen LogP contribution in [0.1, 0.15) is 63.6 Å². The van der Waals surface area contributed by atoms with Gasteiger partial charge >= 0.3 is 5.97 Å². The van der Waals surface area contributed by atoms with E-state index >= 15 is 4.39 Å². The second-order valence-electron chi connectivity index (χ2n) is 10.5. The van der Waals surface area contributed by atoms with Crippen LogP contribution in [-0.4, -0.2) is 25.8 Å². The molecule has 0 amide bonds. The fourth-order valence-electron chi connectivity index (χ4n) is 5.72. The van der Waals surface area contributed by atoms with Crippen molar-refractivity contribution in [2.45, 2.75) is 57.8 Å². The molecule has 0 radical (unpaired) electrons. The van der Waals surface area contributed by atoms with E-state index in [0.717, 1.165) is 11.3 Å². The lowest BCUT2D eigenvalue weighted by atomic mass is 9.78. The topological polar surface area (TPSA) is 94.7 Å². The maximum atomic E-state index is 16.2. The van der Waals surface area contributed by atoms with E-state index in [1.165, 1.54) is 12.1 Å². The highest BCUT2D eigenvalue weighted by molar-refractivity contribution is 6.00. The van der Waals surface area contributed by atoms with Gasteiger partial charge in [-0.1, -0.05) is 13.8 Å². The van der Waals surface area contributed by atoms with E-state index in [9.17, 15) is 19.6 Å². The van der Waals surface area contributed by atoms with Crippen LogP contribution in [0.25, 0.3) is 27.5 Å². The molecule has 6 nitrogen and oxygen atoms in total. The monoisotopic (exact) mass is 476 g/mol. The van der Waals surface area contributed by atoms with Gasteiger partial charge in [0.25, 0.3) is 0 Å². The number of carboxylic acids is 1. The quantitative estimate of drug-likeness (QED) is 0.352. The fourth-order valence-corrected chi connectivity index (χ4v) is 5.72. The number of nitrogens with zero attached hydrogens (tertiary/aromatic N) is 3. The highest BCUT2D eigenvalue weighted by Crippen LogP contribution is 2.53. The minimum atomic E-state index is -0.916. The number of nitriles is 1. The van der Waals surface area contributed by atoms with Gasteiger partial charge in [-0.05, 0) is 68.0 Å². The summed E-state index contributed by atoms with van der Waals surface area (Å²) in [4.78, 5) is 12.0. The van der Waals surface area contributed by atoms with Crippen molar-refractivity contribution in [3.05, 3.63) is 59.4 Å². The van der Waals surface area contributed by atoms with Crippen LogP contribution in [0.3, 0.4) is 0 Å². The van der Waals surface area contributed by atoms with Crippen LogP contribution in [0.2, 0.25) is 0 Å². The Balaban J connectivity index is 1.92. The second kappa shape index (κ2) is 7.91. The van der Waals surface area contributed by atoms with E-state index < -0.39 is 22.6 Å². The predicted molar refractivity (Wildman–Crippen MR) is 128 cm³/mol. The second-order valence-corrected chi connectivity index (χ2v) is 10.5. The number of carboxylic acid groups (broad SMARTS) is 1. The average Bonchev–Trinajstić information content (AvgIpc) is 3.51. The number of hydrogen-bond acceptors (Lipinski definition) is 3. The Morgan fingerprint density at radius 2 is 2.06 bits per heavy atom. The summed E-state index contributed by atoms with van der Waals surface area (Å²) in [5, 5.41) is 27.3. The van der Waals surface area contributed by atoms with Gasteiger partial charge in [-0.3, -0.25) is 9.89 Å². The Morgan fingerprint density at radius 1 is 1.34 bits per heavy atom. The standard InChI is InChI=1S/C27H26F2N4O2/c1-26(2,10-11-30)24-20(15-8-9-27(3,13-15)25(34)35)21-19(12-16-14-31-32-23(16)22(21)29)33(24)18-6-4-17(28)5-7-18/h4-7,12,14-15H,8-10,13H2,1-3H3,(H,31,32)(H,34,35)/t15?,27-/m1/s1. The summed E-state index contributed by atoms with van der Waals surface area (Å²) in [7, 11) is 0. The van der Waals surface area contributed by atoms with E-state index in [0.29, 0.717) is 41.2 Å². The van der Waals surface area contributed by atoms with E-state index in [4.69, 9.17) is 0 Å². The molecule has 2 atom stereocenters. The number of halogens is 2. The zero-order valence-corrected chi connectivity index (χ0v) is 19.8. The molecular weight excluding hydrogens is 450 g/mol. The number of benzene rings is 2. The Morgan fingerprint density at radius 3 is 2.69 bits per heavy atom. The molecule has 2 N–H and O–H groups in total. The summed E-state index contributed by atoms with van der Waals surface area (Å²) in [6.07, 6.45) is 3.14. The molecule has 0 spiro atoms. The summed E-state index contributed by atoms with van der Waals surface area (Å²) in [5.74, 6) is -1.93. The Labute approximate surface area is 201 Å². The molecule has 0 bridgehead atoms. The number of aromatic nitrogens is 3. The van der Waals surface area contributed by atoms with Crippen LogP contribution in [0, 0.1) is 28.4 Å². The summed E-state index contributed by atoms with van der Waals surface area (Å²) >= 11 is 0. The van der Waals surface area contributed by atoms with Crippen molar-refractivity contribution in [2.75, 3.05) is 0 Å². The molecule has 35 heavy (non-hydrogen) atoms. The first-order valence-corrected chi connectivity index (χ1v) is 11.6. The van der Waals surface area contributed by atoms with Crippen molar-refractivity contribution in [1.29, 1.82) is 5.26 Å². The van der Waals surface area contributed by atoms with Crippen LogP contribution >= 0.6 is 0 Å². The molecule has 1 fully saturated rings. The van der Waals surface area contributed by atoms with Crippen LogP contribution in [0.15, 0.2) is 36.5 Å². The Hall–Kier alpha value is -3.73. The molecule has 4 aromatic rings. The number of rotatable bonds is 5. The third-order valence-corrected chi connectivity index (χ3v) is 7.56. The summed E-state index contributed by atoms with van der Waals surface area (Å²) < 4.78 is 31.9. The van der Waals surface area contributed by atoms with Gasteiger partial charge in [-0.15, -0.1) is 0 Å². The van der Waals surface area contributed by atoms with E-state index in [1.807, 2.05) is 24.5 Å². The van der Waals surface area contributed by atoms with Crippen molar-refractivity contribution in [2.24, 2.45) is 5.41 Å². The third kappa shape index (κ3) is 3.49. The SMILES string of the molecule is CC(C)(CC#N)c1c(C2CC[C@@](C)(C(=O)O)C2)c2c(F)c3[nH]ncc3cc2n1-c1ccc(F)cc1. The summed E-state index contributed by atoms with van der Waals surface area (Å²) in [6.45, 7) is 5.60. The molecule has 1 unspecified atom stereocenters. The molecule has 1 aliphatic rings. The number of aromatic amines is 1. The molecule has 8 heteroatoms. The molecule has 180 valence electrons. The van der Waals surface area contributed by atoms with Gasteiger partial charge in [0.05, 0.1) is 23.2 Å². The van der Waals surface area contributed by atoms with Crippen molar-refractivity contribution >= 4 is 27.8 Å². The molecular formula is C27H26F2N4O2. The van der Waals surface area contributed by atoms with Crippen molar-refractivity contribution in [3.63, 3.8) is 0 Å². The lowest BCUT2D eigenvalue weighted by molar-refractivity contribution is -0.147. The number of nitrogens with one attached hydrogen (secondary N) is 1. The lowest BCUT2D eigenvalue weighted by Crippen LogP contribution is -2.25. The van der Waals surface area contributed by atoms with Gasteiger partial charge in [0.2, 0.25) is 0 Å². The maximum Gasteiger partial charge on any atom is 0.309 e. The fraction of sp³-hybridized carbons (Fsp3) is 0.370. The normalized spacial score (nSPS) is 20.5. The van der Waals surface area contributed by atoms with E-state index in [2.05, 4.69) is 16.3 Å². The summed E-state index contributed by atoms with van der Waals surface area (Å²) in [6, 6.07) is 10.1. The number of aliphatic carboxylic acids is 1. The number of fused-ring (bicyclic) bond motifs is 2. The smallest absolute Gasteiger partial charge is 0.309 e. The first kappa shape index (κ1) is 23.0. The van der Waals surface area contributed by atoms with Crippen molar-refractivity contribution < 1.29 is 18.7 Å². The molecule has 5 rings (SSSR count). The Kier molecular flexibility index (Phi) is 5.20. The number of hydrogen-bond donors (Lipinski definition) is 2. The molecule has 2 aromatic heterocycles. The van der Waals surface area contributed by atoms with Crippen molar-refractivity contribution in [1.82, 2.24) is 14.8 Å². The number of H-pyrrole nitrogens is 1. The van der Waals surface area contributed by atoms with Gasteiger partial charge in [-0.25, -0.2) is 8.78 Å². The van der Waals surface area contributed by atoms with Gasteiger partial charge in [0, 0.05) is 34.0 Å². The highest BCUT2D eigenvalue weighted by Gasteiger charge is 2.45. The molecule has 1 aliphatic carbocycles. The molecule has 0 aliphatic heterocycles.